The number of amides is 1. The Balaban J connectivity index is 1.43. The number of hydrogen-bond acceptors (Lipinski definition) is 2. The lowest BCUT2D eigenvalue weighted by Crippen LogP contribution is -2.44. The van der Waals surface area contributed by atoms with E-state index in [1.807, 2.05) is 4.90 Å². The topological polar surface area (TPSA) is 29.5 Å². The lowest BCUT2D eigenvalue weighted by molar-refractivity contribution is -0.139. The van der Waals surface area contributed by atoms with E-state index in [1.165, 1.54) is 12.5 Å². The monoisotopic (exact) mass is 291 g/mol. The molecule has 1 amide bonds. The molecule has 0 atom stereocenters. The number of halogens is 1. The van der Waals surface area contributed by atoms with Crippen LogP contribution in [0.4, 0.5) is 4.39 Å². The van der Waals surface area contributed by atoms with Gasteiger partial charge in [0.15, 0.2) is 11.6 Å². The second-order valence-corrected chi connectivity index (χ2v) is 6.14. The molecule has 4 heteroatoms. The van der Waals surface area contributed by atoms with E-state index in [1.54, 1.807) is 18.2 Å². The van der Waals surface area contributed by atoms with Crippen LogP contribution < -0.4 is 4.74 Å². The maximum atomic E-state index is 13.5. The second kappa shape index (κ2) is 6.46. The van der Waals surface area contributed by atoms with E-state index in [4.69, 9.17) is 4.74 Å². The maximum absolute atomic E-state index is 13.5. The lowest BCUT2D eigenvalue weighted by Gasteiger charge is -2.36. The second-order valence-electron chi connectivity index (χ2n) is 6.14. The van der Waals surface area contributed by atoms with E-state index in [2.05, 4.69) is 0 Å². The van der Waals surface area contributed by atoms with Crippen molar-refractivity contribution in [1.82, 2.24) is 4.90 Å². The van der Waals surface area contributed by atoms with Crippen molar-refractivity contribution >= 4 is 5.91 Å². The smallest absolute Gasteiger partial charge is 0.225 e. The summed E-state index contributed by atoms with van der Waals surface area (Å²) in [6.07, 6.45) is 5.23. The first-order valence-electron chi connectivity index (χ1n) is 7.90. The predicted octanol–water partition coefficient (Wildman–Crippen LogP) is 3.24. The number of carbonyl (C=O) groups is 1. The lowest BCUT2D eigenvalue weighted by atomic mass is 9.83. The minimum atomic E-state index is -0.310. The van der Waals surface area contributed by atoms with E-state index >= 15 is 0 Å². The summed E-state index contributed by atoms with van der Waals surface area (Å²) in [6, 6.07) is 6.50. The minimum Gasteiger partial charge on any atom is -0.490 e. The fraction of sp³-hybridized carbons (Fsp3) is 0.588. The highest BCUT2D eigenvalue weighted by Crippen LogP contribution is 2.30. The fourth-order valence-corrected chi connectivity index (χ4v) is 3.00. The molecule has 1 heterocycles. The molecular formula is C17H22FNO2. The molecule has 2 fully saturated rings. The van der Waals surface area contributed by atoms with Gasteiger partial charge in [0.05, 0.1) is 6.61 Å². The molecule has 1 aromatic carbocycles. The number of likely N-dealkylation sites (tertiary alicyclic amines) is 1. The van der Waals surface area contributed by atoms with E-state index < -0.39 is 0 Å². The Morgan fingerprint density at radius 2 is 1.90 bits per heavy atom. The van der Waals surface area contributed by atoms with E-state index in [0.717, 1.165) is 38.8 Å². The largest absolute Gasteiger partial charge is 0.490 e. The zero-order chi connectivity index (χ0) is 14.7. The van der Waals surface area contributed by atoms with Crippen LogP contribution in [0, 0.1) is 17.7 Å². The summed E-state index contributed by atoms with van der Waals surface area (Å²) in [5, 5.41) is 0. The summed E-state index contributed by atoms with van der Waals surface area (Å²) in [6.45, 7) is 2.17. The normalized spacial score (nSPS) is 20.1. The van der Waals surface area contributed by atoms with Gasteiger partial charge in [0, 0.05) is 19.0 Å². The van der Waals surface area contributed by atoms with Crippen LogP contribution in [0.1, 0.15) is 32.1 Å². The fourth-order valence-electron chi connectivity index (χ4n) is 3.00. The number of ether oxygens (including phenoxy) is 1. The predicted molar refractivity (Wildman–Crippen MR) is 78.5 cm³/mol. The molecule has 2 aliphatic rings. The molecule has 0 bridgehead atoms. The molecular weight excluding hydrogens is 269 g/mol. The third-order valence-electron chi connectivity index (χ3n) is 4.69. The van der Waals surface area contributed by atoms with Gasteiger partial charge < -0.3 is 9.64 Å². The Kier molecular flexibility index (Phi) is 4.42. The van der Waals surface area contributed by atoms with Gasteiger partial charge in [-0.1, -0.05) is 18.6 Å². The van der Waals surface area contributed by atoms with Gasteiger partial charge in [0.25, 0.3) is 0 Å². The summed E-state index contributed by atoms with van der Waals surface area (Å²) >= 11 is 0. The summed E-state index contributed by atoms with van der Waals surface area (Å²) < 4.78 is 19.0. The van der Waals surface area contributed by atoms with Crippen LogP contribution in [0.25, 0.3) is 0 Å². The van der Waals surface area contributed by atoms with Crippen LogP contribution in [0.3, 0.4) is 0 Å². The molecule has 1 saturated heterocycles. The molecule has 0 radical (unpaired) electrons. The number of piperidine rings is 1. The van der Waals surface area contributed by atoms with Crippen LogP contribution in [0.2, 0.25) is 0 Å². The van der Waals surface area contributed by atoms with E-state index in [9.17, 15) is 9.18 Å². The van der Waals surface area contributed by atoms with Crippen molar-refractivity contribution in [3.05, 3.63) is 30.1 Å². The van der Waals surface area contributed by atoms with E-state index in [0.29, 0.717) is 24.2 Å². The summed E-state index contributed by atoms with van der Waals surface area (Å²) in [4.78, 5) is 14.2. The maximum Gasteiger partial charge on any atom is 0.225 e. The third kappa shape index (κ3) is 3.36. The van der Waals surface area contributed by atoms with Gasteiger partial charge in [0.2, 0.25) is 5.91 Å². The molecule has 1 aromatic rings. The first kappa shape index (κ1) is 14.4. The molecule has 21 heavy (non-hydrogen) atoms. The van der Waals surface area contributed by atoms with Crippen molar-refractivity contribution in [2.75, 3.05) is 19.7 Å². The van der Waals surface area contributed by atoms with Gasteiger partial charge in [0.1, 0.15) is 0 Å². The zero-order valence-corrected chi connectivity index (χ0v) is 12.3. The number of rotatable bonds is 4. The quantitative estimate of drug-likeness (QED) is 0.852. The molecule has 1 aliphatic heterocycles. The summed E-state index contributed by atoms with van der Waals surface area (Å²) in [5.74, 6) is 1.06. The number of hydrogen-bond donors (Lipinski definition) is 0. The molecule has 3 nitrogen and oxygen atoms in total. The van der Waals surface area contributed by atoms with Crippen molar-refractivity contribution in [2.45, 2.75) is 32.1 Å². The molecule has 0 N–H and O–H groups in total. The van der Waals surface area contributed by atoms with Crippen molar-refractivity contribution in [3.63, 3.8) is 0 Å². The first-order chi connectivity index (χ1) is 10.2. The Bertz CT molecular complexity index is 493. The molecule has 0 unspecified atom stereocenters. The Morgan fingerprint density at radius 1 is 1.19 bits per heavy atom. The van der Waals surface area contributed by atoms with E-state index in [-0.39, 0.29) is 11.7 Å². The number of para-hydroxylation sites is 1. The standard InChI is InChI=1S/C17H22FNO2/c18-15-6-1-2-7-16(15)21-12-13-8-10-19(11-9-13)17(20)14-4-3-5-14/h1-2,6-7,13-14H,3-5,8-12H2. The molecule has 0 aromatic heterocycles. The summed E-state index contributed by atoms with van der Waals surface area (Å²) in [5.41, 5.74) is 0. The Labute approximate surface area is 125 Å². The van der Waals surface area contributed by atoms with Crippen molar-refractivity contribution in [1.29, 1.82) is 0 Å². The summed E-state index contributed by atoms with van der Waals surface area (Å²) in [7, 11) is 0. The van der Waals surface area contributed by atoms with Crippen LogP contribution >= 0.6 is 0 Å². The highest BCUT2D eigenvalue weighted by molar-refractivity contribution is 5.79. The first-order valence-corrected chi connectivity index (χ1v) is 7.90. The van der Waals surface area contributed by atoms with Crippen LogP contribution in [-0.4, -0.2) is 30.5 Å². The Morgan fingerprint density at radius 3 is 2.52 bits per heavy atom. The van der Waals surface area contributed by atoms with Gasteiger partial charge in [-0.25, -0.2) is 4.39 Å². The van der Waals surface area contributed by atoms with Gasteiger partial charge >= 0.3 is 0 Å². The number of carbonyl (C=O) groups excluding carboxylic acids is 1. The zero-order valence-electron chi connectivity index (χ0n) is 12.3. The average molecular weight is 291 g/mol. The minimum absolute atomic E-state index is 0.288. The van der Waals surface area contributed by atoms with Crippen molar-refractivity contribution in [3.8, 4) is 5.75 Å². The highest BCUT2D eigenvalue weighted by Gasteiger charge is 2.31. The van der Waals surface area contributed by atoms with Crippen LogP contribution in [0.15, 0.2) is 24.3 Å². The third-order valence-corrected chi connectivity index (χ3v) is 4.69. The van der Waals surface area contributed by atoms with Gasteiger partial charge in [-0.3, -0.25) is 4.79 Å². The highest BCUT2D eigenvalue weighted by atomic mass is 19.1. The van der Waals surface area contributed by atoms with Gasteiger partial charge in [-0.15, -0.1) is 0 Å². The molecule has 1 saturated carbocycles. The number of nitrogens with zero attached hydrogens (tertiary/aromatic N) is 1. The van der Waals surface area contributed by atoms with Crippen LogP contribution in [-0.2, 0) is 4.79 Å². The van der Waals surface area contributed by atoms with Crippen molar-refractivity contribution in [2.24, 2.45) is 11.8 Å². The van der Waals surface area contributed by atoms with Gasteiger partial charge in [-0.2, -0.15) is 0 Å². The molecule has 1 aliphatic carbocycles. The van der Waals surface area contributed by atoms with Crippen LogP contribution in [0.5, 0.6) is 5.75 Å². The van der Waals surface area contributed by atoms with Crippen molar-refractivity contribution < 1.29 is 13.9 Å². The van der Waals surface area contributed by atoms with Gasteiger partial charge in [-0.05, 0) is 43.7 Å². The SMILES string of the molecule is O=C(C1CCC1)N1CCC(COc2ccccc2F)CC1. The number of benzene rings is 1. The average Bonchev–Trinajstić information content (AvgIpc) is 2.45. The molecule has 114 valence electrons. The molecule has 0 spiro atoms. The molecule has 3 rings (SSSR count). The Hall–Kier alpha value is -1.58.